The summed E-state index contributed by atoms with van der Waals surface area (Å²) in [5.41, 5.74) is 0.844. The van der Waals surface area contributed by atoms with Crippen LogP contribution < -0.4 is 5.32 Å². The van der Waals surface area contributed by atoms with Gasteiger partial charge >= 0.3 is 0 Å². The number of rotatable bonds is 6. The van der Waals surface area contributed by atoms with Crippen molar-refractivity contribution in [2.45, 2.75) is 31.7 Å². The van der Waals surface area contributed by atoms with Gasteiger partial charge < -0.3 is 10.2 Å². The Morgan fingerprint density at radius 3 is 2.58 bits per heavy atom. The second-order valence-electron chi connectivity index (χ2n) is 5.30. The summed E-state index contributed by atoms with van der Waals surface area (Å²) in [4.78, 5) is 14.4. The first kappa shape index (κ1) is 14.2. The number of likely N-dealkylation sites (tertiary alicyclic amines) is 1. The molecule has 1 aliphatic heterocycles. The SMILES string of the molecule is CNC1CCN(CCCC(=O)c2ccccc2)CC1. The fraction of sp³-hybridized carbons (Fsp3) is 0.562. The zero-order valence-electron chi connectivity index (χ0n) is 11.8. The second kappa shape index (κ2) is 7.41. The Balaban J connectivity index is 1.66. The average molecular weight is 260 g/mol. The number of hydrogen-bond donors (Lipinski definition) is 1. The van der Waals surface area contributed by atoms with E-state index in [2.05, 4.69) is 10.2 Å². The average Bonchev–Trinajstić information content (AvgIpc) is 2.49. The molecular weight excluding hydrogens is 236 g/mol. The van der Waals surface area contributed by atoms with Crippen molar-refractivity contribution < 1.29 is 4.79 Å². The molecule has 0 amide bonds. The van der Waals surface area contributed by atoms with E-state index in [4.69, 9.17) is 0 Å². The third kappa shape index (κ3) is 4.44. The van der Waals surface area contributed by atoms with Gasteiger partial charge in [-0.05, 0) is 45.9 Å². The van der Waals surface area contributed by atoms with Crippen LogP contribution in [0.5, 0.6) is 0 Å². The van der Waals surface area contributed by atoms with Gasteiger partial charge in [0.05, 0.1) is 0 Å². The molecule has 1 saturated heterocycles. The van der Waals surface area contributed by atoms with E-state index in [0.29, 0.717) is 12.5 Å². The molecule has 0 aliphatic carbocycles. The van der Waals surface area contributed by atoms with Gasteiger partial charge in [-0.2, -0.15) is 0 Å². The Morgan fingerprint density at radius 1 is 1.26 bits per heavy atom. The number of nitrogens with one attached hydrogen (secondary N) is 1. The first-order chi connectivity index (χ1) is 9.29. The van der Waals surface area contributed by atoms with Gasteiger partial charge in [-0.15, -0.1) is 0 Å². The highest BCUT2D eigenvalue weighted by Gasteiger charge is 2.17. The maximum atomic E-state index is 12.0. The summed E-state index contributed by atoms with van der Waals surface area (Å²) in [5, 5.41) is 3.34. The monoisotopic (exact) mass is 260 g/mol. The molecule has 0 radical (unpaired) electrons. The van der Waals surface area contributed by atoms with Crippen LogP contribution in [0.1, 0.15) is 36.0 Å². The first-order valence-corrected chi connectivity index (χ1v) is 7.27. The molecule has 1 aromatic rings. The predicted molar refractivity (Wildman–Crippen MR) is 78.5 cm³/mol. The molecule has 0 bridgehead atoms. The molecule has 2 rings (SSSR count). The van der Waals surface area contributed by atoms with Gasteiger partial charge in [-0.1, -0.05) is 30.3 Å². The number of ketones is 1. The van der Waals surface area contributed by atoms with Gasteiger partial charge in [0, 0.05) is 18.0 Å². The van der Waals surface area contributed by atoms with Gasteiger partial charge in [0.1, 0.15) is 0 Å². The molecule has 19 heavy (non-hydrogen) atoms. The highest BCUT2D eigenvalue weighted by Crippen LogP contribution is 2.11. The number of benzene rings is 1. The Hall–Kier alpha value is -1.19. The van der Waals surface area contributed by atoms with E-state index in [0.717, 1.165) is 31.6 Å². The van der Waals surface area contributed by atoms with Crippen LogP contribution in [-0.4, -0.2) is 43.4 Å². The van der Waals surface area contributed by atoms with Crippen molar-refractivity contribution in [1.29, 1.82) is 0 Å². The van der Waals surface area contributed by atoms with E-state index in [9.17, 15) is 4.79 Å². The minimum Gasteiger partial charge on any atom is -0.317 e. The standard InChI is InChI=1S/C16H24N2O/c1-17-15-9-12-18(13-10-15)11-5-8-16(19)14-6-3-2-4-7-14/h2-4,6-7,15,17H,5,8-13H2,1H3. The fourth-order valence-electron chi connectivity index (χ4n) is 2.68. The molecule has 0 saturated carbocycles. The summed E-state index contributed by atoms with van der Waals surface area (Å²) in [6, 6.07) is 10.3. The number of nitrogens with zero attached hydrogens (tertiary/aromatic N) is 1. The van der Waals surface area contributed by atoms with E-state index in [1.54, 1.807) is 0 Å². The quantitative estimate of drug-likeness (QED) is 0.797. The maximum Gasteiger partial charge on any atom is 0.162 e. The largest absolute Gasteiger partial charge is 0.317 e. The lowest BCUT2D eigenvalue weighted by molar-refractivity contribution is 0.0971. The Labute approximate surface area is 116 Å². The van der Waals surface area contributed by atoms with Gasteiger partial charge in [0.25, 0.3) is 0 Å². The van der Waals surface area contributed by atoms with E-state index < -0.39 is 0 Å². The molecular formula is C16H24N2O. The van der Waals surface area contributed by atoms with Crippen molar-refractivity contribution in [3.63, 3.8) is 0 Å². The normalized spacial score (nSPS) is 17.5. The topological polar surface area (TPSA) is 32.3 Å². The molecule has 1 N–H and O–H groups in total. The molecule has 1 fully saturated rings. The van der Waals surface area contributed by atoms with Gasteiger partial charge in [0.2, 0.25) is 0 Å². The van der Waals surface area contributed by atoms with Crippen LogP contribution in [0.4, 0.5) is 0 Å². The Kier molecular flexibility index (Phi) is 5.55. The Bertz CT molecular complexity index is 383. The maximum absolute atomic E-state index is 12.0. The molecule has 0 spiro atoms. The van der Waals surface area contributed by atoms with Crippen molar-refractivity contribution in [3.05, 3.63) is 35.9 Å². The molecule has 1 aromatic carbocycles. The van der Waals surface area contributed by atoms with Gasteiger partial charge in [-0.3, -0.25) is 4.79 Å². The molecule has 3 nitrogen and oxygen atoms in total. The van der Waals surface area contributed by atoms with E-state index in [-0.39, 0.29) is 5.78 Å². The minimum absolute atomic E-state index is 0.269. The minimum atomic E-state index is 0.269. The lowest BCUT2D eigenvalue weighted by atomic mass is 10.0. The highest BCUT2D eigenvalue weighted by atomic mass is 16.1. The zero-order chi connectivity index (χ0) is 13.5. The first-order valence-electron chi connectivity index (χ1n) is 7.27. The van der Waals surface area contributed by atoms with Crippen LogP contribution in [0.15, 0.2) is 30.3 Å². The fourth-order valence-corrected chi connectivity index (χ4v) is 2.68. The van der Waals surface area contributed by atoms with Gasteiger partial charge in [-0.25, -0.2) is 0 Å². The van der Waals surface area contributed by atoms with Crippen LogP contribution in [0.25, 0.3) is 0 Å². The van der Waals surface area contributed by atoms with Crippen molar-refractivity contribution in [3.8, 4) is 0 Å². The molecule has 3 heteroatoms. The van der Waals surface area contributed by atoms with Crippen LogP contribution in [0.2, 0.25) is 0 Å². The van der Waals surface area contributed by atoms with Crippen LogP contribution in [0.3, 0.4) is 0 Å². The molecule has 0 atom stereocenters. The number of carbonyl (C=O) groups excluding carboxylic acids is 1. The van der Waals surface area contributed by atoms with E-state index in [1.165, 1.54) is 12.8 Å². The highest BCUT2D eigenvalue weighted by molar-refractivity contribution is 5.95. The number of hydrogen-bond acceptors (Lipinski definition) is 3. The Morgan fingerprint density at radius 2 is 1.95 bits per heavy atom. The number of piperidine rings is 1. The van der Waals surface area contributed by atoms with E-state index in [1.807, 2.05) is 37.4 Å². The smallest absolute Gasteiger partial charge is 0.162 e. The molecule has 0 unspecified atom stereocenters. The summed E-state index contributed by atoms with van der Waals surface area (Å²) in [7, 11) is 2.04. The van der Waals surface area contributed by atoms with Crippen molar-refractivity contribution in [1.82, 2.24) is 10.2 Å². The summed E-state index contributed by atoms with van der Waals surface area (Å²) >= 11 is 0. The molecule has 0 aromatic heterocycles. The van der Waals surface area contributed by atoms with Crippen LogP contribution in [-0.2, 0) is 0 Å². The van der Waals surface area contributed by atoms with Crippen LogP contribution >= 0.6 is 0 Å². The van der Waals surface area contributed by atoms with Crippen molar-refractivity contribution in [2.24, 2.45) is 0 Å². The molecule has 104 valence electrons. The summed E-state index contributed by atoms with van der Waals surface area (Å²) in [6.07, 6.45) is 4.08. The van der Waals surface area contributed by atoms with Crippen molar-refractivity contribution >= 4 is 5.78 Å². The lowest BCUT2D eigenvalue weighted by Gasteiger charge is -2.31. The van der Waals surface area contributed by atoms with E-state index >= 15 is 0 Å². The summed E-state index contributed by atoms with van der Waals surface area (Å²) in [5.74, 6) is 0.269. The lowest BCUT2D eigenvalue weighted by Crippen LogP contribution is -2.41. The predicted octanol–water partition coefficient (Wildman–Crippen LogP) is 2.33. The number of Topliss-reactive ketones (excluding diaryl/α,β-unsaturated/α-hetero) is 1. The van der Waals surface area contributed by atoms with Crippen molar-refractivity contribution in [2.75, 3.05) is 26.7 Å². The third-order valence-corrected chi connectivity index (χ3v) is 3.97. The summed E-state index contributed by atoms with van der Waals surface area (Å²) in [6.45, 7) is 3.37. The third-order valence-electron chi connectivity index (χ3n) is 3.97. The van der Waals surface area contributed by atoms with Gasteiger partial charge in [0.15, 0.2) is 5.78 Å². The summed E-state index contributed by atoms with van der Waals surface area (Å²) < 4.78 is 0. The second-order valence-corrected chi connectivity index (χ2v) is 5.30. The molecule has 1 heterocycles. The molecule has 1 aliphatic rings. The number of carbonyl (C=O) groups is 1. The zero-order valence-corrected chi connectivity index (χ0v) is 11.8. The van der Waals surface area contributed by atoms with Crippen LogP contribution in [0, 0.1) is 0 Å².